The summed E-state index contributed by atoms with van der Waals surface area (Å²) in [6, 6.07) is 12.3. The van der Waals surface area contributed by atoms with Gasteiger partial charge in [-0.15, -0.1) is 0 Å². The second-order valence-corrected chi connectivity index (χ2v) is 5.78. The van der Waals surface area contributed by atoms with Gasteiger partial charge in [0.25, 0.3) is 0 Å². The summed E-state index contributed by atoms with van der Waals surface area (Å²) in [5.74, 6) is 0.934. The molecular formula is C19H20O2. The van der Waals surface area contributed by atoms with E-state index in [1.54, 1.807) is 6.92 Å². The second-order valence-electron chi connectivity index (χ2n) is 5.78. The minimum atomic E-state index is 0.0864. The van der Waals surface area contributed by atoms with Crippen LogP contribution in [-0.4, -0.2) is 5.78 Å². The minimum Gasteiger partial charge on any atom is -0.489 e. The number of Topliss-reactive ketones (excluding diaryl/α,β-unsaturated/α-hetero) is 1. The van der Waals surface area contributed by atoms with Gasteiger partial charge in [0.1, 0.15) is 12.4 Å². The van der Waals surface area contributed by atoms with E-state index in [0.717, 1.165) is 16.9 Å². The lowest BCUT2D eigenvalue weighted by molar-refractivity contribution is 0.101. The zero-order valence-corrected chi connectivity index (χ0v) is 12.6. The molecule has 2 aromatic carbocycles. The number of fused-ring (bicyclic) bond motifs is 1. The predicted octanol–water partition coefficient (Wildman–Crippen LogP) is 4.27. The summed E-state index contributed by atoms with van der Waals surface area (Å²) in [5.41, 5.74) is 5.91. The summed E-state index contributed by atoms with van der Waals surface area (Å²) in [7, 11) is 0. The van der Waals surface area contributed by atoms with Crippen LogP contribution in [-0.2, 0) is 19.4 Å². The van der Waals surface area contributed by atoms with E-state index in [9.17, 15) is 4.79 Å². The Labute approximate surface area is 125 Å². The molecule has 0 unspecified atom stereocenters. The van der Waals surface area contributed by atoms with Gasteiger partial charge >= 0.3 is 0 Å². The van der Waals surface area contributed by atoms with Gasteiger partial charge in [-0.1, -0.05) is 18.2 Å². The van der Waals surface area contributed by atoms with Gasteiger partial charge in [0.05, 0.1) is 0 Å². The number of ketones is 1. The normalized spacial score (nSPS) is 13.0. The molecule has 0 fully saturated rings. The highest BCUT2D eigenvalue weighted by atomic mass is 16.5. The molecule has 0 atom stereocenters. The van der Waals surface area contributed by atoms with Gasteiger partial charge in [0, 0.05) is 5.56 Å². The van der Waals surface area contributed by atoms with Crippen LogP contribution < -0.4 is 4.74 Å². The fourth-order valence-corrected chi connectivity index (χ4v) is 2.91. The molecule has 1 aliphatic carbocycles. The Morgan fingerprint density at radius 2 is 1.90 bits per heavy atom. The van der Waals surface area contributed by atoms with Gasteiger partial charge in [0.2, 0.25) is 0 Å². The number of rotatable bonds is 4. The topological polar surface area (TPSA) is 26.3 Å². The number of hydrogen-bond donors (Lipinski definition) is 0. The largest absolute Gasteiger partial charge is 0.489 e. The first kappa shape index (κ1) is 13.9. The van der Waals surface area contributed by atoms with Crippen LogP contribution in [0.15, 0.2) is 36.4 Å². The summed E-state index contributed by atoms with van der Waals surface area (Å²) in [6.07, 6.45) is 3.67. The first-order chi connectivity index (χ1) is 10.1. The maximum Gasteiger partial charge on any atom is 0.159 e. The van der Waals surface area contributed by atoms with Gasteiger partial charge in [-0.05, 0) is 73.6 Å². The molecule has 0 radical (unpaired) electrons. The van der Waals surface area contributed by atoms with Gasteiger partial charge < -0.3 is 4.74 Å². The lowest BCUT2D eigenvalue weighted by Crippen LogP contribution is -2.00. The quantitative estimate of drug-likeness (QED) is 0.782. The zero-order chi connectivity index (χ0) is 14.8. The number of aryl methyl sites for hydroxylation is 3. The Morgan fingerprint density at radius 1 is 1.10 bits per heavy atom. The highest BCUT2D eigenvalue weighted by Crippen LogP contribution is 2.24. The van der Waals surface area contributed by atoms with Crippen molar-refractivity contribution in [2.45, 2.75) is 39.7 Å². The maximum atomic E-state index is 11.4. The van der Waals surface area contributed by atoms with E-state index in [0.29, 0.717) is 6.61 Å². The third-order valence-corrected chi connectivity index (χ3v) is 4.14. The summed E-state index contributed by atoms with van der Waals surface area (Å²) >= 11 is 0. The van der Waals surface area contributed by atoms with E-state index in [1.165, 1.54) is 36.0 Å². The van der Waals surface area contributed by atoms with Crippen LogP contribution in [0.1, 0.15) is 46.0 Å². The third-order valence-electron chi connectivity index (χ3n) is 4.14. The summed E-state index contributed by atoms with van der Waals surface area (Å²) in [5, 5.41) is 0. The first-order valence-corrected chi connectivity index (χ1v) is 7.48. The molecule has 0 saturated heterocycles. The SMILES string of the molecule is CC(=O)c1ccc(OCc2ccc3c(c2)CCC3)c(C)c1. The summed E-state index contributed by atoms with van der Waals surface area (Å²) < 4.78 is 5.91. The second kappa shape index (κ2) is 5.72. The van der Waals surface area contributed by atoms with Crippen LogP contribution in [0.3, 0.4) is 0 Å². The summed E-state index contributed by atoms with van der Waals surface area (Å²) in [4.78, 5) is 11.4. The van der Waals surface area contributed by atoms with E-state index in [2.05, 4.69) is 18.2 Å². The van der Waals surface area contributed by atoms with Crippen LogP contribution in [0.4, 0.5) is 0 Å². The van der Waals surface area contributed by atoms with Crippen molar-refractivity contribution in [3.8, 4) is 5.75 Å². The molecule has 0 amide bonds. The fraction of sp³-hybridized carbons (Fsp3) is 0.316. The van der Waals surface area contributed by atoms with Crippen molar-refractivity contribution >= 4 is 5.78 Å². The lowest BCUT2D eigenvalue weighted by atomic mass is 10.1. The van der Waals surface area contributed by atoms with Crippen molar-refractivity contribution in [2.24, 2.45) is 0 Å². The molecule has 0 N–H and O–H groups in total. The number of carbonyl (C=O) groups is 1. The first-order valence-electron chi connectivity index (χ1n) is 7.48. The number of benzene rings is 2. The van der Waals surface area contributed by atoms with Crippen molar-refractivity contribution in [1.29, 1.82) is 0 Å². The van der Waals surface area contributed by atoms with E-state index in [4.69, 9.17) is 4.74 Å². The fourth-order valence-electron chi connectivity index (χ4n) is 2.91. The van der Waals surface area contributed by atoms with Crippen molar-refractivity contribution in [3.05, 3.63) is 64.2 Å². The standard InChI is InChI=1S/C19H20O2/c1-13-10-17(14(2)20)8-9-19(13)21-12-15-6-7-16-4-3-5-18(16)11-15/h6-11H,3-5,12H2,1-2H3. The number of carbonyl (C=O) groups excluding carboxylic acids is 1. The van der Waals surface area contributed by atoms with Crippen molar-refractivity contribution in [1.82, 2.24) is 0 Å². The molecule has 3 rings (SSSR count). The molecule has 0 saturated carbocycles. The molecule has 2 heteroatoms. The smallest absolute Gasteiger partial charge is 0.159 e. The Balaban J connectivity index is 1.71. The van der Waals surface area contributed by atoms with Gasteiger partial charge in [-0.3, -0.25) is 4.79 Å². The monoisotopic (exact) mass is 280 g/mol. The Morgan fingerprint density at radius 3 is 2.67 bits per heavy atom. The zero-order valence-electron chi connectivity index (χ0n) is 12.6. The number of ether oxygens (including phenoxy) is 1. The maximum absolute atomic E-state index is 11.4. The predicted molar refractivity (Wildman–Crippen MR) is 84.0 cm³/mol. The third kappa shape index (κ3) is 2.99. The molecule has 1 aliphatic rings. The van der Waals surface area contributed by atoms with Crippen LogP contribution in [0.2, 0.25) is 0 Å². The lowest BCUT2D eigenvalue weighted by Gasteiger charge is -2.11. The Bertz CT molecular complexity index is 686. The molecule has 0 aliphatic heterocycles. The van der Waals surface area contributed by atoms with E-state index in [-0.39, 0.29) is 5.78 Å². The highest BCUT2D eigenvalue weighted by molar-refractivity contribution is 5.94. The van der Waals surface area contributed by atoms with Crippen LogP contribution in [0.25, 0.3) is 0 Å². The molecule has 2 nitrogen and oxygen atoms in total. The molecule has 0 aromatic heterocycles. The van der Waals surface area contributed by atoms with Gasteiger partial charge in [-0.25, -0.2) is 0 Å². The average molecular weight is 280 g/mol. The Hall–Kier alpha value is -2.09. The van der Waals surface area contributed by atoms with Crippen LogP contribution in [0.5, 0.6) is 5.75 Å². The van der Waals surface area contributed by atoms with Gasteiger partial charge in [-0.2, -0.15) is 0 Å². The highest BCUT2D eigenvalue weighted by Gasteiger charge is 2.11. The van der Waals surface area contributed by atoms with Crippen molar-refractivity contribution in [3.63, 3.8) is 0 Å². The van der Waals surface area contributed by atoms with Crippen molar-refractivity contribution in [2.75, 3.05) is 0 Å². The van der Waals surface area contributed by atoms with E-state index in [1.807, 2.05) is 25.1 Å². The summed E-state index contributed by atoms with van der Waals surface area (Å²) in [6.45, 7) is 4.14. The van der Waals surface area contributed by atoms with Crippen molar-refractivity contribution < 1.29 is 9.53 Å². The van der Waals surface area contributed by atoms with E-state index < -0.39 is 0 Å². The molecule has 0 spiro atoms. The molecule has 108 valence electrons. The minimum absolute atomic E-state index is 0.0864. The molecule has 21 heavy (non-hydrogen) atoms. The average Bonchev–Trinajstić information content (AvgIpc) is 2.93. The van der Waals surface area contributed by atoms with Crippen LogP contribution in [0, 0.1) is 6.92 Å². The Kier molecular flexibility index (Phi) is 3.78. The number of hydrogen-bond acceptors (Lipinski definition) is 2. The van der Waals surface area contributed by atoms with Crippen LogP contribution >= 0.6 is 0 Å². The molecule has 2 aromatic rings. The molecular weight excluding hydrogens is 260 g/mol. The van der Waals surface area contributed by atoms with E-state index >= 15 is 0 Å². The molecule has 0 bridgehead atoms. The molecule has 0 heterocycles. The van der Waals surface area contributed by atoms with Gasteiger partial charge in [0.15, 0.2) is 5.78 Å².